The van der Waals surface area contributed by atoms with Gasteiger partial charge in [0.1, 0.15) is 12.2 Å². The molecular weight excluding hydrogens is 254 g/mol. The zero-order valence-electron chi connectivity index (χ0n) is 9.76. The molecule has 2 aromatic rings. The molecule has 1 saturated carbocycles. The number of nitrogen functional groups attached to an aromatic ring is 1. The third-order valence-corrected chi connectivity index (χ3v) is 3.43. The molecule has 4 atom stereocenters. The van der Waals surface area contributed by atoms with Gasteiger partial charge in [-0.2, -0.15) is 4.98 Å². The minimum Gasteiger partial charge on any atom is -0.390 e. The Kier molecular flexibility index (Phi) is 2.55. The van der Waals surface area contributed by atoms with Crippen LogP contribution in [0.2, 0.25) is 0 Å². The number of nitrogens with zero attached hydrogens (tertiary/aromatic N) is 3. The lowest BCUT2D eigenvalue weighted by Gasteiger charge is -2.17. The summed E-state index contributed by atoms with van der Waals surface area (Å²) in [4.78, 5) is 21.8. The number of nitrogens with two attached hydrogens (primary N) is 1. The maximum Gasteiger partial charge on any atom is 0.280 e. The number of fused-ring (bicyclic) bond motifs is 1. The normalized spacial score (nSPS) is 31.1. The van der Waals surface area contributed by atoms with Gasteiger partial charge in [-0.3, -0.25) is 9.78 Å². The number of hydrogen-bond acceptors (Lipinski definition) is 7. The number of hydrogen-bond donors (Lipinski definition) is 5. The van der Waals surface area contributed by atoms with Gasteiger partial charge in [-0.05, 0) is 6.42 Å². The molecule has 0 radical (unpaired) electrons. The number of aliphatic hydroxyl groups excluding tert-OH is 3. The van der Waals surface area contributed by atoms with Crippen LogP contribution in [0.25, 0.3) is 11.2 Å². The average molecular weight is 267 g/mol. The van der Waals surface area contributed by atoms with Crippen molar-refractivity contribution < 1.29 is 15.3 Å². The third-order valence-electron chi connectivity index (χ3n) is 3.43. The van der Waals surface area contributed by atoms with Gasteiger partial charge < -0.3 is 25.6 Å². The summed E-state index contributed by atoms with van der Waals surface area (Å²) >= 11 is 0. The fourth-order valence-corrected chi connectivity index (χ4v) is 2.45. The lowest BCUT2D eigenvalue weighted by atomic mass is 10.2. The number of rotatable bonds is 1. The quantitative estimate of drug-likeness (QED) is 0.391. The van der Waals surface area contributed by atoms with Gasteiger partial charge in [0.15, 0.2) is 11.2 Å². The van der Waals surface area contributed by atoms with Crippen molar-refractivity contribution in [3.05, 3.63) is 16.7 Å². The molecule has 1 unspecified atom stereocenters. The van der Waals surface area contributed by atoms with E-state index in [2.05, 4.69) is 15.0 Å². The molecule has 19 heavy (non-hydrogen) atoms. The molecule has 0 amide bonds. The van der Waals surface area contributed by atoms with Crippen molar-refractivity contribution in [2.75, 3.05) is 5.73 Å². The van der Waals surface area contributed by atoms with E-state index in [1.165, 1.54) is 10.9 Å². The topological polar surface area (TPSA) is 150 Å². The molecule has 2 aromatic heterocycles. The third kappa shape index (κ3) is 1.70. The monoisotopic (exact) mass is 267 g/mol. The van der Waals surface area contributed by atoms with E-state index in [-0.39, 0.29) is 23.5 Å². The second kappa shape index (κ2) is 4.02. The Hall–Kier alpha value is -1.97. The van der Waals surface area contributed by atoms with Crippen molar-refractivity contribution in [1.82, 2.24) is 19.5 Å². The number of anilines is 1. The second-order valence-electron chi connectivity index (χ2n) is 4.63. The van der Waals surface area contributed by atoms with Crippen LogP contribution in [0, 0.1) is 0 Å². The van der Waals surface area contributed by atoms with Crippen molar-refractivity contribution in [2.24, 2.45) is 0 Å². The standard InChI is InChI=1S/C10H13N5O4/c11-10-13-8-5(9(19)14-10)12-2-15(8)3-1-4(16)7(18)6(3)17/h2-4,6-7,16-18H,1H2,(H3,11,13,14,19)/t3?,4-,6-,7+/m1/s1. The van der Waals surface area contributed by atoms with Gasteiger partial charge in [0, 0.05) is 0 Å². The fourth-order valence-electron chi connectivity index (χ4n) is 2.45. The predicted octanol–water partition coefficient (Wildman–Crippen LogP) is -2.27. The number of H-pyrrole nitrogens is 1. The molecule has 0 spiro atoms. The van der Waals surface area contributed by atoms with Crippen LogP contribution in [-0.2, 0) is 0 Å². The summed E-state index contributed by atoms with van der Waals surface area (Å²) in [5.74, 6) is -0.0622. The molecule has 9 nitrogen and oxygen atoms in total. The lowest BCUT2D eigenvalue weighted by Crippen LogP contribution is -2.31. The number of aromatic nitrogens is 4. The first-order valence-corrected chi connectivity index (χ1v) is 5.75. The van der Waals surface area contributed by atoms with Crippen LogP contribution in [0.5, 0.6) is 0 Å². The number of nitrogens with one attached hydrogen (secondary N) is 1. The Morgan fingerprint density at radius 1 is 1.37 bits per heavy atom. The molecule has 3 rings (SSSR count). The van der Waals surface area contributed by atoms with E-state index in [9.17, 15) is 20.1 Å². The van der Waals surface area contributed by atoms with E-state index >= 15 is 0 Å². The maximum atomic E-state index is 11.6. The molecule has 1 fully saturated rings. The van der Waals surface area contributed by atoms with Crippen LogP contribution in [0.1, 0.15) is 12.5 Å². The molecule has 102 valence electrons. The molecule has 0 saturated heterocycles. The minimum absolute atomic E-state index is 0.0622. The SMILES string of the molecule is Nc1nc2c(ncn2C2C[C@@H](O)[C@H](O)[C@@H]2O)c(=O)[nH]1. The van der Waals surface area contributed by atoms with Crippen LogP contribution in [0.3, 0.4) is 0 Å². The van der Waals surface area contributed by atoms with Gasteiger partial charge >= 0.3 is 0 Å². The highest BCUT2D eigenvalue weighted by molar-refractivity contribution is 5.70. The van der Waals surface area contributed by atoms with Gasteiger partial charge in [-0.25, -0.2) is 4.98 Å². The summed E-state index contributed by atoms with van der Waals surface area (Å²) < 4.78 is 1.45. The van der Waals surface area contributed by atoms with Crippen LogP contribution in [-0.4, -0.2) is 53.2 Å². The van der Waals surface area contributed by atoms with Crippen LogP contribution >= 0.6 is 0 Å². The minimum atomic E-state index is -1.23. The van der Waals surface area contributed by atoms with Crippen molar-refractivity contribution in [3.63, 3.8) is 0 Å². The van der Waals surface area contributed by atoms with E-state index < -0.39 is 29.9 Å². The first kappa shape index (κ1) is 12.1. The second-order valence-corrected chi connectivity index (χ2v) is 4.63. The van der Waals surface area contributed by atoms with Gasteiger partial charge in [0.2, 0.25) is 5.95 Å². The van der Waals surface area contributed by atoms with Crippen LogP contribution < -0.4 is 11.3 Å². The summed E-state index contributed by atoms with van der Waals surface area (Å²) in [6.07, 6.45) is -1.94. The van der Waals surface area contributed by atoms with Gasteiger partial charge in [-0.1, -0.05) is 0 Å². The van der Waals surface area contributed by atoms with Crippen LogP contribution in [0.4, 0.5) is 5.95 Å². The summed E-state index contributed by atoms with van der Waals surface area (Å²) in [6.45, 7) is 0. The van der Waals surface area contributed by atoms with Crippen molar-refractivity contribution in [3.8, 4) is 0 Å². The molecule has 9 heteroatoms. The lowest BCUT2D eigenvalue weighted by molar-refractivity contribution is -0.0244. The zero-order valence-corrected chi connectivity index (χ0v) is 9.76. The van der Waals surface area contributed by atoms with E-state index in [0.29, 0.717) is 0 Å². The van der Waals surface area contributed by atoms with Crippen molar-refractivity contribution >= 4 is 17.1 Å². The highest BCUT2D eigenvalue weighted by Gasteiger charge is 2.42. The van der Waals surface area contributed by atoms with Gasteiger partial charge in [0.05, 0.1) is 18.5 Å². The Labute approximate surface area is 106 Å². The molecule has 1 aliphatic carbocycles. The smallest absolute Gasteiger partial charge is 0.280 e. The summed E-state index contributed by atoms with van der Waals surface area (Å²) in [5, 5.41) is 29.0. The molecule has 0 bridgehead atoms. The molecule has 1 aliphatic rings. The highest BCUT2D eigenvalue weighted by atomic mass is 16.4. The molecular formula is C10H13N5O4. The zero-order chi connectivity index (χ0) is 13.7. The van der Waals surface area contributed by atoms with Crippen LogP contribution in [0.15, 0.2) is 11.1 Å². The summed E-state index contributed by atoms with van der Waals surface area (Å²) in [6, 6.07) is -0.608. The van der Waals surface area contributed by atoms with Crippen molar-refractivity contribution in [2.45, 2.75) is 30.8 Å². The highest BCUT2D eigenvalue weighted by Crippen LogP contribution is 2.32. The molecule has 0 aromatic carbocycles. The summed E-state index contributed by atoms with van der Waals surface area (Å²) in [5.41, 5.74) is 5.30. The van der Waals surface area contributed by atoms with E-state index in [1.54, 1.807) is 0 Å². The average Bonchev–Trinajstić information content (AvgIpc) is 2.86. The largest absolute Gasteiger partial charge is 0.390 e. The Morgan fingerprint density at radius 2 is 2.11 bits per heavy atom. The Bertz CT molecular complexity index is 680. The van der Waals surface area contributed by atoms with E-state index in [0.717, 1.165) is 0 Å². The number of aromatic amines is 1. The summed E-state index contributed by atoms with van der Waals surface area (Å²) in [7, 11) is 0. The van der Waals surface area contributed by atoms with Gasteiger partial charge in [-0.15, -0.1) is 0 Å². The fraction of sp³-hybridized carbons (Fsp3) is 0.500. The number of imidazole rings is 1. The number of aliphatic hydroxyl groups is 3. The first-order valence-electron chi connectivity index (χ1n) is 5.75. The first-order chi connectivity index (χ1) is 8.99. The molecule has 0 aliphatic heterocycles. The molecule has 2 heterocycles. The van der Waals surface area contributed by atoms with E-state index in [4.69, 9.17) is 5.73 Å². The Balaban J connectivity index is 2.14. The molecule has 6 N–H and O–H groups in total. The Morgan fingerprint density at radius 3 is 2.74 bits per heavy atom. The van der Waals surface area contributed by atoms with Gasteiger partial charge in [0.25, 0.3) is 5.56 Å². The maximum absolute atomic E-state index is 11.6. The van der Waals surface area contributed by atoms with E-state index in [1.807, 2.05) is 0 Å². The van der Waals surface area contributed by atoms with Crippen molar-refractivity contribution in [1.29, 1.82) is 0 Å². The predicted molar refractivity (Wildman–Crippen MR) is 64.2 cm³/mol.